The van der Waals surface area contributed by atoms with E-state index in [1.54, 1.807) is 4.90 Å². The van der Waals surface area contributed by atoms with Gasteiger partial charge < -0.3 is 15.3 Å². The average Bonchev–Trinajstić information content (AvgIpc) is 2.64. The van der Waals surface area contributed by atoms with Crippen molar-refractivity contribution in [1.82, 2.24) is 10.2 Å². The summed E-state index contributed by atoms with van der Waals surface area (Å²) in [6.45, 7) is 2.57. The normalized spacial score (nSPS) is 20.4. The highest BCUT2D eigenvalue weighted by Crippen LogP contribution is 2.17. The quantitative estimate of drug-likeness (QED) is 0.662. The Labute approximate surface area is 89.4 Å². The first kappa shape index (κ1) is 12.0. The Morgan fingerprint density at radius 1 is 1.53 bits per heavy atom. The summed E-state index contributed by atoms with van der Waals surface area (Å²) >= 11 is 0. The molecule has 1 atom stereocenters. The van der Waals surface area contributed by atoms with Crippen LogP contribution < -0.4 is 5.32 Å². The first-order valence-electron chi connectivity index (χ1n) is 5.30. The molecule has 1 aliphatic heterocycles. The van der Waals surface area contributed by atoms with Gasteiger partial charge in [0.05, 0.1) is 12.6 Å². The fraction of sp³-hybridized carbons (Fsp3) is 0.800. The van der Waals surface area contributed by atoms with Gasteiger partial charge in [0, 0.05) is 26.4 Å². The average molecular weight is 214 g/mol. The topological polar surface area (TPSA) is 69.6 Å². The van der Waals surface area contributed by atoms with E-state index in [1.807, 2.05) is 0 Å². The van der Waals surface area contributed by atoms with E-state index in [9.17, 15) is 9.59 Å². The molecule has 86 valence electrons. The Bertz CT molecular complexity index is 243. The molecule has 1 rings (SSSR count). The zero-order chi connectivity index (χ0) is 11.3. The first-order chi connectivity index (χ1) is 7.15. The summed E-state index contributed by atoms with van der Waals surface area (Å²) in [7, 11) is 0. The molecule has 5 nitrogen and oxygen atoms in total. The molecule has 0 spiro atoms. The Morgan fingerprint density at radius 2 is 2.27 bits per heavy atom. The molecule has 2 N–H and O–H groups in total. The maximum absolute atomic E-state index is 11.7. The third kappa shape index (κ3) is 3.51. The highest BCUT2D eigenvalue weighted by Gasteiger charge is 2.27. The Balaban J connectivity index is 2.29. The van der Waals surface area contributed by atoms with Crippen LogP contribution in [0.2, 0.25) is 0 Å². The monoisotopic (exact) mass is 214 g/mol. The minimum absolute atomic E-state index is 0.0142. The minimum atomic E-state index is -0.122. The smallest absolute Gasteiger partial charge is 0.224 e. The van der Waals surface area contributed by atoms with Gasteiger partial charge in [0.1, 0.15) is 0 Å². The Morgan fingerprint density at radius 3 is 2.87 bits per heavy atom. The van der Waals surface area contributed by atoms with Crippen molar-refractivity contribution in [3.63, 3.8) is 0 Å². The third-order valence-corrected chi connectivity index (χ3v) is 2.62. The van der Waals surface area contributed by atoms with Crippen molar-refractivity contribution < 1.29 is 14.7 Å². The van der Waals surface area contributed by atoms with Crippen LogP contribution in [-0.4, -0.2) is 47.6 Å². The van der Waals surface area contributed by atoms with Crippen molar-refractivity contribution in [3.05, 3.63) is 0 Å². The van der Waals surface area contributed by atoms with Crippen LogP contribution in [-0.2, 0) is 9.59 Å². The SMILES string of the molecule is CC(=O)NCCC(=O)N1CCC[C@H]1CO. The van der Waals surface area contributed by atoms with Gasteiger partial charge in [-0.1, -0.05) is 0 Å². The maximum Gasteiger partial charge on any atom is 0.224 e. The van der Waals surface area contributed by atoms with E-state index in [0.29, 0.717) is 13.0 Å². The second kappa shape index (κ2) is 5.70. The molecule has 1 aliphatic rings. The van der Waals surface area contributed by atoms with Crippen molar-refractivity contribution >= 4 is 11.8 Å². The van der Waals surface area contributed by atoms with Gasteiger partial charge in [-0.3, -0.25) is 9.59 Å². The fourth-order valence-corrected chi connectivity index (χ4v) is 1.84. The number of carbonyl (C=O) groups excluding carboxylic acids is 2. The number of hydrogen-bond acceptors (Lipinski definition) is 3. The number of aliphatic hydroxyl groups excluding tert-OH is 1. The van der Waals surface area contributed by atoms with Gasteiger partial charge in [-0.15, -0.1) is 0 Å². The van der Waals surface area contributed by atoms with Gasteiger partial charge in [0.15, 0.2) is 0 Å². The largest absolute Gasteiger partial charge is 0.394 e. The van der Waals surface area contributed by atoms with Crippen molar-refractivity contribution in [2.24, 2.45) is 0 Å². The fourth-order valence-electron chi connectivity index (χ4n) is 1.84. The molecular formula is C10H18N2O3. The van der Waals surface area contributed by atoms with Gasteiger partial charge in [-0.2, -0.15) is 0 Å². The number of amides is 2. The lowest BCUT2D eigenvalue weighted by Crippen LogP contribution is -2.39. The molecule has 0 aliphatic carbocycles. The van der Waals surface area contributed by atoms with Crippen LogP contribution in [0.25, 0.3) is 0 Å². The van der Waals surface area contributed by atoms with E-state index in [4.69, 9.17) is 5.11 Å². The summed E-state index contributed by atoms with van der Waals surface area (Å²) < 4.78 is 0. The predicted octanol–water partition coefficient (Wildman–Crippen LogP) is -0.504. The number of nitrogens with zero attached hydrogens (tertiary/aromatic N) is 1. The van der Waals surface area contributed by atoms with Crippen molar-refractivity contribution in [1.29, 1.82) is 0 Å². The molecule has 5 heteroatoms. The van der Waals surface area contributed by atoms with Crippen LogP contribution in [0.4, 0.5) is 0 Å². The summed E-state index contributed by atoms with van der Waals surface area (Å²) in [5.74, 6) is -0.108. The first-order valence-corrected chi connectivity index (χ1v) is 5.30. The second-order valence-corrected chi connectivity index (χ2v) is 3.80. The van der Waals surface area contributed by atoms with Gasteiger partial charge in [-0.25, -0.2) is 0 Å². The number of carbonyl (C=O) groups is 2. The number of rotatable bonds is 4. The molecule has 0 radical (unpaired) electrons. The summed E-state index contributed by atoms with van der Waals surface area (Å²) in [6, 6.07) is -0.0187. The summed E-state index contributed by atoms with van der Waals surface area (Å²) in [5.41, 5.74) is 0. The molecule has 1 fully saturated rings. The van der Waals surface area contributed by atoms with Crippen molar-refractivity contribution in [3.8, 4) is 0 Å². The second-order valence-electron chi connectivity index (χ2n) is 3.80. The molecule has 2 amide bonds. The van der Waals surface area contributed by atoms with Crippen LogP contribution in [0.1, 0.15) is 26.2 Å². The van der Waals surface area contributed by atoms with Crippen LogP contribution in [0.15, 0.2) is 0 Å². The Hall–Kier alpha value is -1.10. The molecule has 1 heterocycles. The molecule has 0 saturated carbocycles. The lowest BCUT2D eigenvalue weighted by Gasteiger charge is -2.22. The molecule has 0 bridgehead atoms. The molecule has 0 unspecified atom stereocenters. The highest BCUT2D eigenvalue weighted by atomic mass is 16.3. The van der Waals surface area contributed by atoms with E-state index < -0.39 is 0 Å². The summed E-state index contributed by atoms with van der Waals surface area (Å²) in [4.78, 5) is 24.0. The Kier molecular flexibility index (Phi) is 4.55. The molecule has 15 heavy (non-hydrogen) atoms. The molecule has 1 saturated heterocycles. The third-order valence-electron chi connectivity index (χ3n) is 2.62. The lowest BCUT2D eigenvalue weighted by molar-refractivity contribution is -0.132. The van der Waals surface area contributed by atoms with Crippen molar-refractivity contribution in [2.75, 3.05) is 19.7 Å². The highest BCUT2D eigenvalue weighted by molar-refractivity contribution is 5.78. The van der Waals surface area contributed by atoms with E-state index in [0.717, 1.165) is 19.4 Å². The van der Waals surface area contributed by atoms with Crippen LogP contribution in [0, 0.1) is 0 Å². The summed E-state index contributed by atoms with van der Waals surface area (Å²) in [6.07, 6.45) is 2.15. The van der Waals surface area contributed by atoms with E-state index >= 15 is 0 Å². The van der Waals surface area contributed by atoms with E-state index in [2.05, 4.69) is 5.32 Å². The zero-order valence-corrected chi connectivity index (χ0v) is 9.03. The van der Waals surface area contributed by atoms with Crippen LogP contribution in [0.3, 0.4) is 0 Å². The maximum atomic E-state index is 11.7. The lowest BCUT2D eigenvalue weighted by atomic mass is 10.2. The number of nitrogens with one attached hydrogen (secondary N) is 1. The molecule has 0 aromatic carbocycles. The van der Waals surface area contributed by atoms with Crippen LogP contribution in [0.5, 0.6) is 0 Å². The van der Waals surface area contributed by atoms with Gasteiger partial charge in [-0.05, 0) is 12.8 Å². The number of aliphatic hydroxyl groups is 1. The standard InChI is InChI=1S/C10H18N2O3/c1-8(14)11-5-4-10(15)12-6-2-3-9(12)7-13/h9,13H,2-7H2,1H3,(H,11,14)/t9-/m0/s1. The predicted molar refractivity (Wildman–Crippen MR) is 55.1 cm³/mol. The number of likely N-dealkylation sites (tertiary alicyclic amines) is 1. The van der Waals surface area contributed by atoms with Crippen LogP contribution >= 0.6 is 0 Å². The van der Waals surface area contributed by atoms with Gasteiger partial charge in [0.2, 0.25) is 11.8 Å². The molecular weight excluding hydrogens is 196 g/mol. The minimum Gasteiger partial charge on any atom is -0.394 e. The van der Waals surface area contributed by atoms with Gasteiger partial charge in [0.25, 0.3) is 0 Å². The van der Waals surface area contributed by atoms with E-state index in [1.165, 1.54) is 6.92 Å². The van der Waals surface area contributed by atoms with Crippen molar-refractivity contribution in [2.45, 2.75) is 32.2 Å². The van der Waals surface area contributed by atoms with E-state index in [-0.39, 0.29) is 24.5 Å². The molecule has 0 aromatic heterocycles. The zero-order valence-electron chi connectivity index (χ0n) is 9.03. The summed E-state index contributed by atoms with van der Waals surface area (Å²) in [5, 5.41) is 11.6. The number of hydrogen-bond donors (Lipinski definition) is 2. The molecule has 0 aromatic rings. The van der Waals surface area contributed by atoms with Gasteiger partial charge >= 0.3 is 0 Å².